The van der Waals surface area contributed by atoms with Gasteiger partial charge in [0.05, 0.1) is 29.2 Å². The van der Waals surface area contributed by atoms with Gasteiger partial charge in [0.15, 0.2) is 0 Å². The second-order valence-corrected chi connectivity index (χ2v) is 15.3. The number of thioether (sulfide) groups is 1. The number of para-hydroxylation sites is 1. The van der Waals surface area contributed by atoms with Crippen molar-refractivity contribution in [2.45, 2.75) is 93.3 Å². The van der Waals surface area contributed by atoms with E-state index in [2.05, 4.69) is 47.3 Å². The Balaban J connectivity index is 1.72. The number of amides is 3. The third kappa shape index (κ3) is 5.20. The van der Waals surface area contributed by atoms with E-state index in [4.69, 9.17) is 0 Å². The van der Waals surface area contributed by atoms with E-state index < -0.39 is 34.2 Å². The standard InChI is InChI=1S/C28H40BrN3O4S/c1-7-17(14-33)32-22(24(35)31-27(5,6)15-26(2,3)4)28-13-18(29)21(37-28)19(20(28)25(32)36)23(34)30-16-11-9-8-10-12-16/h8-12,17-22,33H,7,13-15H2,1-6H3,(H,30,34)(H,31,35)/t17-,18?,19-,20-,21-,22?,28?/m0/s1. The van der Waals surface area contributed by atoms with Crippen molar-refractivity contribution < 1.29 is 19.5 Å². The number of halogens is 1. The molecule has 204 valence electrons. The Bertz CT molecular complexity index is 1040. The van der Waals surface area contributed by atoms with Gasteiger partial charge in [0, 0.05) is 21.3 Å². The second-order valence-electron chi connectivity index (χ2n) is 12.6. The summed E-state index contributed by atoms with van der Waals surface area (Å²) in [6.45, 7) is 12.1. The third-order valence-corrected chi connectivity index (χ3v) is 11.0. The van der Waals surface area contributed by atoms with Gasteiger partial charge in [-0.15, -0.1) is 11.8 Å². The van der Waals surface area contributed by atoms with E-state index in [0.29, 0.717) is 18.5 Å². The molecule has 0 aliphatic carbocycles. The molecule has 0 saturated carbocycles. The lowest BCUT2D eigenvalue weighted by atomic mass is 9.70. The van der Waals surface area contributed by atoms with Crippen molar-refractivity contribution in [3.63, 3.8) is 0 Å². The van der Waals surface area contributed by atoms with Gasteiger partial charge in [0.1, 0.15) is 6.04 Å². The molecule has 37 heavy (non-hydrogen) atoms. The Kier molecular flexibility index (Phi) is 7.83. The number of nitrogens with zero attached hydrogens (tertiary/aromatic N) is 1. The van der Waals surface area contributed by atoms with Crippen LogP contribution in [-0.2, 0) is 14.4 Å². The van der Waals surface area contributed by atoms with Crippen LogP contribution < -0.4 is 10.6 Å². The van der Waals surface area contributed by atoms with Gasteiger partial charge in [-0.25, -0.2) is 0 Å². The van der Waals surface area contributed by atoms with E-state index in [-0.39, 0.29) is 39.8 Å². The minimum absolute atomic E-state index is 0.000103. The Labute approximate surface area is 233 Å². The molecule has 1 aromatic rings. The molecule has 3 saturated heterocycles. The fourth-order valence-corrected chi connectivity index (χ4v) is 10.6. The summed E-state index contributed by atoms with van der Waals surface area (Å²) in [6.07, 6.45) is 1.90. The molecule has 4 rings (SSSR count). The smallest absolute Gasteiger partial charge is 0.244 e. The van der Waals surface area contributed by atoms with Crippen LogP contribution >= 0.6 is 27.7 Å². The molecule has 2 bridgehead atoms. The van der Waals surface area contributed by atoms with Crippen molar-refractivity contribution in [1.82, 2.24) is 10.2 Å². The van der Waals surface area contributed by atoms with Crippen LogP contribution in [0.25, 0.3) is 0 Å². The number of carbonyl (C=O) groups is 3. The van der Waals surface area contributed by atoms with Crippen molar-refractivity contribution in [1.29, 1.82) is 0 Å². The van der Waals surface area contributed by atoms with Crippen LogP contribution in [0.3, 0.4) is 0 Å². The lowest BCUT2D eigenvalue weighted by molar-refractivity contribution is -0.142. The lowest BCUT2D eigenvalue weighted by Gasteiger charge is -2.40. The fourth-order valence-electron chi connectivity index (χ4n) is 6.99. The number of hydrogen-bond acceptors (Lipinski definition) is 5. The fraction of sp³-hybridized carbons (Fsp3) is 0.679. The van der Waals surface area contributed by atoms with Crippen LogP contribution in [0.1, 0.15) is 60.8 Å². The molecule has 3 N–H and O–H groups in total. The molecule has 3 heterocycles. The quantitative estimate of drug-likeness (QED) is 0.392. The molecule has 0 aromatic heterocycles. The van der Waals surface area contributed by atoms with Crippen LogP contribution in [0.5, 0.6) is 0 Å². The summed E-state index contributed by atoms with van der Waals surface area (Å²) in [5, 5.41) is 16.4. The van der Waals surface area contributed by atoms with Gasteiger partial charge < -0.3 is 20.6 Å². The van der Waals surface area contributed by atoms with Crippen molar-refractivity contribution in [2.75, 3.05) is 11.9 Å². The van der Waals surface area contributed by atoms with Gasteiger partial charge >= 0.3 is 0 Å². The molecule has 1 aromatic carbocycles. The van der Waals surface area contributed by atoms with E-state index in [1.165, 1.54) is 0 Å². The minimum Gasteiger partial charge on any atom is -0.394 e. The highest BCUT2D eigenvalue weighted by Gasteiger charge is 2.76. The second kappa shape index (κ2) is 10.2. The monoisotopic (exact) mass is 593 g/mol. The average Bonchev–Trinajstić information content (AvgIpc) is 3.37. The molecule has 3 unspecified atom stereocenters. The van der Waals surface area contributed by atoms with E-state index >= 15 is 0 Å². The SMILES string of the molecule is CC[C@@H](CO)N1C(=O)[C@@H]2[C@H](C(=O)Nc3ccccc3)[C@H]3SC2(CC3Br)C1C(=O)NC(C)(C)CC(C)(C)C. The highest BCUT2D eigenvalue weighted by atomic mass is 79.9. The number of hydrogen-bond donors (Lipinski definition) is 3. The maximum Gasteiger partial charge on any atom is 0.244 e. The number of nitrogens with one attached hydrogen (secondary N) is 2. The summed E-state index contributed by atoms with van der Waals surface area (Å²) in [7, 11) is 0. The summed E-state index contributed by atoms with van der Waals surface area (Å²) in [6, 6.07) is 8.01. The lowest BCUT2D eigenvalue weighted by Crippen LogP contribution is -2.60. The molecule has 7 nitrogen and oxygen atoms in total. The van der Waals surface area contributed by atoms with Gasteiger partial charge in [0.2, 0.25) is 17.7 Å². The highest BCUT2D eigenvalue weighted by molar-refractivity contribution is 9.09. The molecule has 7 atom stereocenters. The number of fused-ring (bicyclic) bond motifs is 1. The van der Waals surface area contributed by atoms with Crippen LogP contribution in [0.15, 0.2) is 30.3 Å². The summed E-state index contributed by atoms with van der Waals surface area (Å²) in [4.78, 5) is 43.5. The van der Waals surface area contributed by atoms with Crippen molar-refractivity contribution in [2.24, 2.45) is 17.3 Å². The first-order chi connectivity index (χ1) is 17.2. The molecule has 3 fully saturated rings. The van der Waals surface area contributed by atoms with Crippen molar-refractivity contribution in [3.05, 3.63) is 30.3 Å². The highest BCUT2D eigenvalue weighted by Crippen LogP contribution is 2.68. The maximum absolute atomic E-state index is 14.1. The number of aliphatic hydroxyl groups excluding tert-OH is 1. The van der Waals surface area contributed by atoms with Gasteiger partial charge in [0.25, 0.3) is 0 Å². The number of likely N-dealkylation sites (tertiary alicyclic amines) is 1. The van der Waals surface area contributed by atoms with Gasteiger partial charge in [-0.1, -0.05) is 61.8 Å². The van der Waals surface area contributed by atoms with Crippen molar-refractivity contribution in [3.8, 4) is 0 Å². The maximum atomic E-state index is 14.1. The van der Waals surface area contributed by atoms with E-state index in [1.54, 1.807) is 16.7 Å². The normalized spacial score (nSPS) is 31.8. The molecule has 9 heteroatoms. The summed E-state index contributed by atoms with van der Waals surface area (Å²) >= 11 is 5.41. The van der Waals surface area contributed by atoms with Crippen LogP contribution in [0.4, 0.5) is 5.69 Å². The van der Waals surface area contributed by atoms with Gasteiger partial charge in [-0.3, -0.25) is 14.4 Å². The molecule has 0 radical (unpaired) electrons. The molecule has 3 amide bonds. The Morgan fingerprint density at radius 3 is 2.41 bits per heavy atom. The van der Waals surface area contributed by atoms with E-state index in [1.807, 2.05) is 51.1 Å². The summed E-state index contributed by atoms with van der Waals surface area (Å²) in [5.41, 5.74) is 0.198. The minimum atomic E-state index is -0.758. The number of alkyl halides is 1. The number of benzene rings is 1. The number of aliphatic hydroxyl groups is 1. The van der Waals surface area contributed by atoms with Gasteiger partial charge in [-0.05, 0) is 50.7 Å². The molecule has 3 aliphatic heterocycles. The van der Waals surface area contributed by atoms with Crippen LogP contribution in [0.2, 0.25) is 0 Å². The van der Waals surface area contributed by atoms with Crippen LogP contribution in [-0.4, -0.2) is 66.8 Å². The number of anilines is 1. The first-order valence-electron chi connectivity index (χ1n) is 13.2. The Hall–Kier alpha value is -1.58. The summed E-state index contributed by atoms with van der Waals surface area (Å²) in [5.74, 6) is -1.79. The zero-order valence-corrected chi connectivity index (χ0v) is 25.0. The molecule has 3 aliphatic rings. The number of carbonyl (C=O) groups excluding carboxylic acids is 3. The Morgan fingerprint density at radius 1 is 1.19 bits per heavy atom. The zero-order chi connectivity index (χ0) is 27.3. The van der Waals surface area contributed by atoms with Crippen molar-refractivity contribution >= 4 is 51.1 Å². The zero-order valence-electron chi connectivity index (χ0n) is 22.6. The predicted octanol–water partition coefficient (Wildman–Crippen LogP) is 4.19. The molecular formula is C28H40BrN3O4S. The number of rotatable bonds is 8. The summed E-state index contributed by atoms with van der Waals surface area (Å²) < 4.78 is -0.737. The first-order valence-corrected chi connectivity index (χ1v) is 15.0. The first kappa shape index (κ1) is 28.4. The van der Waals surface area contributed by atoms with E-state index in [9.17, 15) is 19.5 Å². The predicted molar refractivity (Wildman–Crippen MR) is 152 cm³/mol. The average molecular weight is 595 g/mol. The largest absolute Gasteiger partial charge is 0.394 e. The third-order valence-electron chi connectivity index (χ3n) is 7.83. The van der Waals surface area contributed by atoms with E-state index in [0.717, 1.165) is 6.42 Å². The Morgan fingerprint density at radius 2 is 1.84 bits per heavy atom. The van der Waals surface area contributed by atoms with Gasteiger partial charge in [-0.2, -0.15) is 0 Å². The molecular weight excluding hydrogens is 554 g/mol. The van der Waals surface area contributed by atoms with Crippen LogP contribution in [0, 0.1) is 17.3 Å². The topological polar surface area (TPSA) is 98.7 Å². The molecule has 1 spiro atoms.